The number of fused-ring (bicyclic) bond motifs is 1. The van der Waals surface area contributed by atoms with E-state index in [4.69, 9.17) is 4.74 Å². The molecule has 0 bridgehead atoms. The Morgan fingerprint density at radius 1 is 1.26 bits per heavy atom. The number of carbonyl (C=O) groups is 1. The second kappa shape index (κ2) is 8.60. The second-order valence-corrected chi connectivity index (χ2v) is 6.45. The van der Waals surface area contributed by atoms with Gasteiger partial charge in [-0.3, -0.25) is 15.0 Å². The Kier molecular flexibility index (Phi) is 5.98. The van der Waals surface area contributed by atoms with Crippen LogP contribution in [-0.2, 0) is 29.0 Å². The lowest BCUT2D eigenvalue weighted by atomic mass is 9.94. The number of ether oxygens (including phenoxy) is 1. The minimum Gasteiger partial charge on any atom is -0.463 e. The molecule has 6 nitrogen and oxygen atoms in total. The van der Waals surface area contributed by atoms with Gasteiger partial charge in [0.15, 0.2) is 0 Å². The molecule has 0 fully saturated rings. The Hall–Kier alpha value is -2.99. The van der Waals surface area contributed by atoms with Crippen LogP contribution >= 0.6 is 0 Å². The maximum Gasteiger partial charge on any atom is 0.330 e. The van der Waals surface area contributed by atoms with Crippen molar-refractivity contribution in [3.05, 3.63) is 80.9 Å². The summed E-state index contributed by atoms with van der Waals surface area (Å²) in [5.74, 6) is -0.328. The first-order valence-electron chi connectivity index (χ1n) is 8.98. The van der Waals surface area contributed by atoms with Crippen LogP contribution in [0.25, 0.3) is 6.08 Å². The topological polar surface area (TPSA) is 72.7 Å². The highest BCUT2D eigenvalue weighted by Gasteiger charge is 2.18. The third kappa shape index (κ3) is 4.80. The fourth-order valence-corrected chi connectivity index (χ4v) is 3.32. The minimum absolute atomic E-state index is 0.112. The molecule has 1 aliphatic rings. The van der Waals surface area contributed by atoms with Gasteiger partial charge in [-0.2, -0.15) is 0 Å². The summed E-state index contributed by atoms with van der Waals surface area (Å²) in [6.07, 6.45) is 4.19. The summed E-state index contributed by atoms with van der Waals surface area (Å²) in [5.41, 5.74) is 4.73. The van der Waals surface area contributed by atoms with Gasteiger partial charge in [0, 0.05) is 37.8 Å². The fraction of sp³-hybridized carbons (Fsp3) is 0.286. The smallest absolute Gasteiger partial charge is 0.330 e. The molecule has 0 aliphatic carbocycles. The van der Waals surface area contributed by atoms with Gasteiger partial charge in [0.1, 0.15) is 0 Å². The Morgan fingerprint density at radius 3 is 2.74 bits per heavy atom. The van der Waals surface area contributed by atoms with Gasteiger partial charge in [0.25, 0.3) is 5.69 Å². The lowest BCUT2D eigenvalue weighted by Crippen LogP contribution is -2.30. The number of benzene rings is 2. The maximum absolute atomic E-state index is 11.5. The number of carbonyl (C=O) groups excluding carboxylic acids is 1. The summed E-state index contributed by atoms with van der Waals surface area (Å²) in [4.78, 5) is 24.2. The zero-order valence-corrected chi connectivity index (χ0v) is 15.3. The van der Waals surface area contributed by atoms with Crippen LogP contribution in [0.2, 0.25) is 0 Å². The Labute approximate surface area is 158 Å². The highest BCUT2D eigenvalue weighted by atomic mass is 16.6. The van der Waals surface area contributed by atoms with Crippen molar-refractivity contribution in [1.82, 2.24) is 4.90 Å². The summed E-state index contributed by atoms with van der Waals surface area (Å²) in [6, 6.07) is 12.8. The van der Waals surface area contributed by atoms with Crippen molar-refractivity contribution in [3.63, 3.8) is 0 Å². The van der Waals surface area contributed by atoms with Gasteiger partial charge in [-0.1, -0.05) is 30.3 Å². The molecule has 140 valence electrons. The fourth-order valence-electron chi connectivity index (χ4n) is 3.32. The highest BCUT2D eigenvalue weighted by molar-refractivity contribution is 5.87. The van der Waals surface area contributed by atoms with E-state index in [1.165, 1.54) is 17.2 Å². The lowest BCUT2D eigenvalue weighted by Gasteiger charge is -2.29. The molecular formula is C21H22N2O4. The first-order chi connectivity index (χ1) is 13.1. The summed E-state index contributed by atoms with van der Waals surface area (Å²) in [5, 5.41) is 10.8. The van der Waals surface area contributed by atoms with Gasteiger partial charge < -0.3 is 4.74 Å². The highest BCUT2D eigenvalue weighted by Crippen LogP contribution is 2.25. The van der Waals surface area contributed by atoms with Crippen molar-refractivity contribution in [3.8, 4) is 0 Å². The number of rotatable bonds is 6. The molecule has 0 amide bonds. The molecule has 0 radical (unpaired) electrons. The van der Waals surface area contributed by atoms with Crippen LogP contribution < -0.4 is 0 Å². The summed E-state index contributed by atoms with van der Waals surface area (Å²) >= 11 is 0. The van der Waals surface area contributed by atoms with Crippen LogP contribution in [0.1, 0.15) is 29.2 Å². The number of nitrogens with zero attached hydrogens (tertiary/aromatic N) is 2. The van der Waals surface area contributed by atoms with Crippen molar-refractivity contribution in [2.24, 2.45) is 0 Å². The number of nitro groups is 1. The second-order valence-electron chi connectivity index (χ2n) is 6.45. The van der Waals surface area contributed by atoms with Gasteiger partial charge in [-0.15, -0.1) is 0 Å². The van der Waals surface area contributed by atoms with Crippen LogP contribution in [0, 0.1) is 10.1 Å². The third-order valence-electron chi connectivity index (χ3n) is 4.62. The zero-order chi connectivity index (χ0) is 19.2. The van der Waals surface area contributed by atoms with E-state index in [1.54, 1.807) is 19.1 Å². The first-order valence-corrected chi connectivity index (χ1v) is 8.98. The molecule has 27 heavy (non-hydrogen) atoms. The van der Waals surface area contributed by atoms with Crippen LogP contribution in [0.4, 0.5) is 5.69 Å². The van der Waals surface area contributed by atoms with E-state index in [-0.39, 0.29) is 16.6 Å². The molecule has 0 spiro atoms. The predicted molar refractivity (Wildman–Crippen MR) is 103 cm³/mol. The van der Waals surface area contributed by atoms with Crippen LogP contribution in [0.15, 0.2) is 48.5 Å². The van der Waals surface area contributed by atoms with Crippen molar-refractivity contribution >= 4 is 17.7 Å². The molecule has 2 aromatic carbocycles. The number of hydrogen-bond donors (Lipinski definition) is 0. The van der Waals surface area contributed by atoms with Crippen LogP contribution in [0.5, 0.6) is 0 Å². The molecule has 6 heteroatoms. The van der Waals surface area contributed by atoms with Crippen molar-refractivity contribution in [1.29, 1.82) is 0 Å². The Balaban J connectivity index is 1.68. The average Bonchev–Trinajstić information content (AvgIpc) is 2.67. The van der Waals surface area contributed by atoms with Crippen LogP contribution in [0.3, 0.4) is 0 Å². The van der Waals surface area contributed by atoms with E-state index in [1.807, 2.05) is 30.3 Å². The molecule has 3 rings (SSSR count). The molecule has 1 heterocycles. The minimum atomic E-state index is -0.383. The molecule has 0 saturated heterocycles. The molecule has 0 N–H and O–H groups in total. The lowest BCUT2D eigenvalue weighted by molar-refractivity contribution is -0.384. The zero-order valence-electron chi connectivity index (χ0n) is 15.3. The van der Waals surface area contributed by atoms with E-state index in [2.05, 4.69) is 11.0 Å². The van der Waals surface area contributed by atoms with Crippen molar-refractivity contribution in [2.75, 3.05) is 13.2 Å². The largest absolute Gasteiger partial charge is 0.463 e. The van der Waals surface area contributed by atoms with Gasteiger partial charge in [-0.25, -0.2) is 4.79 Å². The standard InChI is InChI=1S/C21H22N2O4/c1-2-27-21(24)11-8-17-4-3-5-18-15-22(13-12-20(17)18)14-16-6-9-19(10-7-16)23(25)26/h3-11H,2,12-15H2,1H3/b11-8+. The molecule has 0 atom stereocenters. The third-order valence-corrected chi connectivity index (χ3v) is 4.62. The van der Waals surface area contributed by atoms with Crippen molar-refractivity contribution in [2.45, 2.75) is 26.4 Å². The van der Waals surface area contributed by atoms with Crippen LogP contribution in [-0.4, -0.2) is 28.9 Å². The number of hydrogen-bond acceptors (Lipinski definition) is 5. The summed E-state index contributed by atoms with van der Waals surface area (Å²) in [6.45, 7) is 4.62. The SMILES string of the molecule is CCOC(=O)/C=C/c1cccc2c1CCN(Cc1ccc([N+](=O)[O-])cc1)C2. The van der Waals surface area contributed by atoms with Gasteiger partial charge >= 0.3 is 5.97 Å². The summed E-state index contributed by atoms with van der Waals surface area (Å²) in [7, 11) is 0. The van der Waals surface area contributed by atoms with E-state index in [0.717, 1.165) is 37.2 Å². The predicted octanol–water partition coefficient (Wildman–Crippen LogP) is 3.73. The van der Waals surface area contributed by atoms with E-state index in [0.29, 0.717) is 6.61 Å². The Morgan fingerprint density at radius 2 is 2.04 bits per heavy atom. The molecular weight excluding hydrogens is 344 g/mol. The molecule has 1 aliphatic heterocycles. The molecule has 0 aromatic heterocycles. The van der Waals surface area contributed by atoms with E-state index in [9.17, 15) is 14.9 Å². The van der Waals surface area contributed by atoms with E-state index < -0.39 is 0 Å². The molecule has 0 saturated carbocycles. The van der Waals surface area contributed by atoms with Gasteiger partial charge in [0.05, 0.1) is 11.5 Å². The normalized spacial score (nSPS) is 14.1. The monoisotopic (exact) mass is 366 g/mol. The van der Waals surface area contributed by atoms with Gasteiger partial charge in [0.2, 0.25) is 0 Å². The maximum atomic E-state index is 11.5. The Bertz CT molecular complexity index is 859. The first kappa shape index (κ1) is 18.8. The van der Waals surface area contributed by atoms with Gasteiger partial charge in [-0.05, 0) is 41.7 Å². The van der Waals surface area contributed by atoms with Crippen molar-refractivity contribution < 1.29 is 14.5 Å². The average molecular weight is 366 g/mol. The summed E-state index contributed by atoms with van der Waals surface area (Å²) < 4.78 is 4.94. The molecule has 2 aromatic rings. The number of esters is 1. The molecule has 0 unspecified atom stereocenters. The number of nitro benzene ring substituents is 1. The van der Waals surface area contributed by atoms with E-state index >= 15 is 0 Å². The number of non-ortho nitro benzene ring substituents is 1. The quantitative estimate of drug-likeness (QED) is 0.337.